The van der Waals surface area contributed by atoms with Gasteiger partial charge in [0.1, 0.15) is 0 Å². The van der Waals surface area contributed by atoms with Crippen LogP contribution in [-0.2, 0) is 24.3 Å². The molecule has 0 amide bonds. The van der Waals surface area contributed by atoms with Gasteiger partial charge in [-0.25, -0.2) is 0 Å². The van der Waals surface area contributed by atoms with Crippen LogP contribution in [0.25, 0.3) is 0 Å². The predicted molar refractivity (Wildman–Crippen MR) is 94.1 cm³/mol. The summed E-state index contributed by atoms with van der Waals surface area (Å²) in [5, 5.41) is 0. The van der Waals surface area contributed by atoms with Crippen LogP contribution in [-0.4, -0.2) is 6.61 Å². The Labute approximate surface area is 137 Å². The molecule has 0 spiro atoms. The van der Waals surface area contributed by atoms with Crippen LogP contribution < -0.4 is 4.57 Å². The van der Waals surface area contributed by atoms with Crippen molar-refractivity contribution in [3.63, 3.8) is 0 Å². The minimum Gasteiger partial charge on any atom is -0.323 e. The minimum absolute atomic E-state index is 0.688. The fraction of sp³-hybridized carbons (Fsp3) is 0.750. The predicted octanol–water partition coefficient (Wildman–Crippen LogP) is 5.13. The number of hydrogen-bond acceptors (Lipinski definition) is 1. The Morgan fingerprint density at radius 1 is 0.864 bits per heavy atom. The number of unbranched alkanes of at least 4 members (excludes halogenated alkanes) is 6. The highest BCUT2D eigenvalue weighted by Crippen LogP contribution is 2.13. The van der Waals surface area contributed by atoms with Gasteiger partial charge < -0.3 is 4.74 Å². The fourth-order valence-electron chi connectivity index (χ4n) is 3.11. The molecule has 0 saturated heterocycles. The lowest BCUT2D eigenvalue weighted by Gasteiger charge is -2.09. The topological polar surface area (TPSA) is 13.1 Å². The van der Waals surface area contributed by atoms with Crippen LogP contribution in [0, 0.1) is 6.92 Å². The molecule has 0 fully saturated rings. The highest BCUT2D eigenvalue weighted by atomic mass is 16.5. The van der Waals surface area contributed by atoms with E-state index in [1.165, 1.54) is 61.6 Å². The summed E-state index contributed by atoms with van der Waals surface area (Å²) >= 11 is 0. The standard InChI is InChI=1S/C20H36NO/c1-5-8-9-10-11-12-13-14-22-17-21-15-18(4)20(7-3)19(6-2)16-21/h15-16H,5-14,17H2,1-4H3/q+1. The molecule has 2 nitrogen and oxygen atoms in total. The number of ether oxygens (including phenoxy) is 1. The van der Waals surface area contributed by atoms with E-state index in [0.29, 0.717) is 6.73 Å². The summed E-state index contributed by atoms with van der Waals surface area (Å²) in [5.74, 6) is 0. The monoisotopic (exact) mass is 306 g/mol. The van der Waals surface area contributed by atoms with Gasteiger partial charge in [-0.2, -0.15) is 4.57 Å². The zero-order valence-corrected chi connectivity index (χ0v) is 15.3. The van der Waals surface area contributed by atoms with Gasteiger partial charge in [-0.05, 0) is 31.7 Å². The second-order valence-electron chi connectivity index (χ2n) is 6.32. The van der Waals surface area contributed by atoms with Crippen molar-refractivity contribution in [3.05, 3.63) is 29.1 Å². The van der Waals surface area contributed by atoms with Crippen LogP contribution in [0.2, 0.25) is 0 Å². The smallest absolute Gasteiger partial charge is 0.252 e. The Morgan fingerprint density at radius 2 is 1.55 bits per heavy atom. The van der Waals surface area contributed by atoms with E-state index >= 15 is 0 Å². The van der Waals surface area contributed by atoms with E-state index < -0.39 is 0 Å². The number of aromatic nitrogens is 1. The van der Waals surface area contributed by atoms with Crippen LogP contribution >= 0.6 is 0 Å². The lowest BCUT2D eigenvalue weighted by molar-refractivity contribution is -0.733. The van der Waals surface area contributed by atoms with E-state index in [1.54, 1.807) is 0 Å². The molecule has 0 unspecified atom stereocenters. The van der Waals surface area contributed by atoms with Gasteiger partial charge in [0, 0.05) is 11.1 Å². The molecule has 2 heteroatoms. The third-order valence-corrected chi connectivity index (χ3v) is 4.41. The lowest BCUT2D eigenvalue weighted by atomic mass is 10.0. The SMILES string of the molecule is CCCCCCCCCOC[n+]1cc(C)c(CC)c(CC)c1. The van der Waals surface area contributed by atoms with Gasteiger partial charge in [0.25, 0.3) is 6.73 Å². The van der Waals surface area contributed by atoms with Gasteiger partial charge in [-0.1, -0.05) is 59.3 Å². The molecule has 0 bridgehead atoms. The van der Waals surface area contributed by atoms with Crippen LogP contribution in [0.3, 0.4) is 0 Å². The first-order valence-corrected chi connectivity index (χ1v) is 9.32. The van der Waals surface area contributed by atoms with Crippen molar-refractivity contribution in [1.82, 2.24) is 0 Å². The van der Waals surface area contributed by atoms with Gasteiger partial charge in [-0.15, -0.1) is 0 Å². The van der Waals surface area contributed by atoms with Crippen molar-refractivity contribution >= 4 is 0 Å². The van der Waals surface area contributed by atoms with Gasteiger partial charge >= 0.3 is 0 Å². The van der Waals surface area contributed by atoms with Crippen molar-refractivity contribution in [1.29, 1.82) is 0 Å². The van der Waals surface area contributed by atoms with Gasteiger partial charge in [-0.3, -0.25) is 0 Å². The summed E-state index contributed by atoms with van der Waals surface area (Å²) in [6, 6.07) is 0. The van der Waals surface area contributed by atoms with E-state index in [4.69, 9.17) is 4.74 Å². The maximum atomic E-state index is 5.84. The molecule has 0 N–H and O–H groups in total. The van der Waals surface area contributed by atoms with Crippen LogP contribution in [0.1, 0.15) is 82.4 Å². The fourth-order valence-corrected chi connectivity index (χ4v) is 3.11. The summed E-state index contributed by atoms with van der Waals surface area (Å²) in [6.45, 7) is 10.5. The van der Waals surface area contributed by atoms with Crippen molar-refractivity contribution in [2.24, 2.45) is 0 Å². The van der Waals surface area contributed by atoms with E-state index in [2.05, 4.69) is 44.7 Å². The summed E-state index contributed by atoms with van der Waals surface area (Å²) in [5.41, 5.74) is 4.36. The lowest BCUT2D eigenvalue weighted by Crippen LogP contribution is -2.36. The van der Waals surface area contributed by atoms with E-state index in [-0.39, 0.29) is 0 Å². The van der Waals surface area contributed by atoms with Gasteiger partial charge in [0.05, 0.1) is 6.61 Å². The molecule has 0 aliphatic carbocycles. The average Bonchev–Trinajstić information content (AvgIpc) is 2.52. The van der Waals surface area contributed by atoms with Gasteiger partial charge in [0.15, 0.2) is 12.4 Å². The largest absolute Gasteiger partial charge is 0.323 e. The summed E-state index contributed by atoms with van der Waals surface area (Å²) in [4.78, 5) is 0. The molecule has 1 aromatic rings. The molecule has 0 aliphatic heterocycles. The molecule has 0 saturated carbocycles. The average molecular weight is 307 g/mol. The molecule has 0 aromatic carbocycles. The molecular formula is C20H36NO+. The van der Waals surface area contributed by atoms with Crippen molar-refractivity contribution in [2.45, 2.75) is 92.2 Å². The van der Waals surface area contributed by atoms with Crippen LogP contribution in [0.4, 0.5) is 0 Å². The quantitative estimate of drug-likeness (QED) is 0.385. The highest BCUT2D eigenvalue weighted by Gasteiger charge is 2.10. The molecule has 0 aliphatic rings. The summed E-state index contributed by atoms with van der Waals surface area (Å²) in [7, 11) is 0. The number of rotatable bonds is 12. The maximum absolute atomic E-state index is 5.84. The number of pyridine rings is 1. The van der Waals surface area contributed by atoms with Crippen molar-refractivity contribution in [3.8, 4) is 0 Å². The van der Waals surface area contributed by atoms with Crippen LogP contribution in [0.5, 0.6) is 0 Å². The first kappa shape index (κ1) is 19.2. The molecule has 126 valence electrons. The molecule has 0 radical (unpaired) electrons. The molecular weight excluding hydrogens is 270 g/mol. The third kappa shape index (κ3) is 6.91. The van der Waals surface area contributed by atoms with E-state index in [1.807, 2.05) is 0 Å². The third-order valence-electron chi connectivity index (χ3n) is 4.41. The molecule has 1 rings (SSSR count). The van der Waals surface area contributed by atoms with Gasteiger partial charge in [0.2, 0.25) is 0 Å². The van der Waals surface area contributed by atoms with Crippen molar-refractivity contribution in [2.75, 3.05) is 6.61 Å². The second-order valence-corrected chi connectivity index (χ2v) is 6.32. The Kier molecular flexibility index (Phi) is 10.1. The number of aryl methyl sites for hydroxylation is 2. The van der Waals surface area contributed by atoms with Crippen LogP contribution in [0.15, 0.2) is 12.4 Å². The van der Waals surface area contributed by atoms with E-state index in [0.717, 1.165) is 19.4 Å². The zero-order valence-electron chi connectivity index (χ0n) is 15.3. The Balaban J connectivity index is 2.24. The highest BCUT2D eigenvalue weighted by molar-refractivity contribution is 5.28. The Morgan fingerprint density at radius 3 is 2.18 bits per heavy atom. The molecule has 1 heterocycles. The molecule has 22 heavy (non-hydrogen) atoms. The number of hydrogen-bond donors (Lipinski definition) is 0. The van der Waals surface area contributed by atoms with E-state index in [9.17, 15) is 0 Å². The summed E-state index contributed by atoms with van der Waals surface area (Å²) in [6.07, 6.45) is 16.1. The summed E-state index contributed by atoms with van der Waals surface area (Å²) < 4.78 is 8.04. The van der Waals surface area contributed by atoms with Crippen molar-refractivity contribution < 1.29 is 9.30 Å². The first-order chi connectivity index (χ1) is 10.7. The number of nitrogens with zero attached hydrogens (tertiary/aromatic N) is 1. The maximum Gasteiger partial charge on any atom is 0.252 e. The molecule has 0 atom stereocenters. The first-order valence-electron chi connectivity index (χ1n) is 9.32. The Bertz CT molecular complexity index is 414. The second kappa shape index (κ2) is 11.6. The molecule has 1 aromatic heterocycles. The minimum atomic E-state index is 0.688. The Hall–Kier alpha value is -0.890. The normalized spacial score (nSPS) is 11.1. The zero-order chi connectivity index (χ0) is 16.2.